The van der Waals surface area contributed by atoms with E-state index >= 15 is 0 Å². The van der Waals surface area contributed by atoms with Crippen LogP contribution in [0.15, 0.2) is 71.9 Å². The topological polar surface area (TPSA) is 136 Å². The summed E-state index contributed by atoms with van der Waals surface area (Å²) in [4.78, 5) is 48.8. The van der Waals surface area contributed by atoms with E-state index in [-0.39, 0.29) is 36.0 Å². The van der Waals surface area contributed by atoms with Crippen LogP contribution in [-0.4, -0.2) is 36.4 Å². The lowest BCUT2D eigenvalue weighted by Gasteiger charge is -2.15. The molecule has 0 saturated heterocycles. The van der Waals surface area contributed by atoms with Gasteiger partial charge in [0.2, 0.25) is 5.95 Å². The number of rotatable bonds is 10. The Bertz CT molecular complexity index is 1490. The summed E-state index contributed by atoms with van der Waals surface area (Å²) in [6.07, 6.45) is 4.58. The van der Waals surface area contributed by atoms with E-state index in [0.717, 1.165) is 0 Å². The number of benzene rings is 1. The SMILES string of the molecule is CCC(=O)Cc1cnc(Nc2ccc(Oc3ccnc(C(=O)O)c3)cc2)n(Cc2ccc(Cl)cn2)c1=O. The molecule has 4 rings (SSSR count). The number of ketones is 1. The zero-order valence-electron chi connectivity index (χ0n) is 19.7. The van der Waals surface area contributed by atoms with Gasteiger partial charge in [-0.3, -0.25) is 19.1 Å². The first-order valence-corrected chi connectivity index (χ1v) is 11.7. The molecule has 0 spiro atoms. The van der Waals surface area contributed by atoms with Crippen molar-refractivity contribution in [1.29, 1.82) is 0 Å². The molecular formula is C26H22ClN5O5. The van der Waals surface area contributed by atoms with Crippen molar-refractivity contribution < 1.29 is 19.4 Å². The number of aromatic carboxylic acids is 1. The van der Waals surface area contributed by atoms with Crippen molar-refractivity contribution >= 4 is 35.0 Å². The number of anilines is 2. The number of carbonyl (C=O) groups is 2. The first-order chi connectivity index (χ1) is 17.8. The second-order valence-electron chi connectivity index (χ2n) is 7.97. The van der Waals surface area contributed by atoms with Crippen LogP contribution in [0, 0.1) is 0 Å². The van der Waals surface area contributed by atoms with Gasteiger partial charge in [-0.15, -0.1) is 0 Å². The summed E-state index contributed by atoms with van der Waals surface area (Å²) in [6.45, 7) is 1.86. The van der Waals surface area contributed by atoms with Crippen LogP contribution in [0.3, 0.4) is 0 Å². The van der Waals surface area contributed by atoms with Crippen molar-refractivity contribution in [2.24, 2.45) is 0 Å². The van der Waals surface area contributed by atoms with Gasteiger partial charge in [0.25, 0.3) is 5.56 Å². The molecule has 0 aliphatic carbocycles. The van der Waals surface area contributed by atoms with E-state index in [1.54, 1.807) is 49.4 Å². The smallest absolute Gasteiger partial charge is 0.354 e. The molecule has 10 nitrogen and oxygen atoms in total. The quantitative estimate of drug-likeness (QED) is 0.310. The minimum Gasteiger partial charge on any atom is -0.477 e. The van der Waals surface area contributed by atoms with Crippen molar-refractivity contribution in [2.75, 3.05) is 5.32 Å². The molecule has 3 heterocycles. The molecule has 0 aliphatic heterocycles. The Kier molecular flexibility index (Phi) is 7.89. The van der Waals surface area contributed by atoms with E-state index in [4.69, 9.17) is 21.4 Å². The molecule has 188 valence electrons. The lowest BCUT2D eigenvalue weighted by atomic mass is 10.1. The van der Waals surface area contributed by atoms with E-state index in [2.05, 4.69) is 20.3 Å². The summed E-state index contributed by atoms with van der Waals surface area (Å²) in [5, 5.41) is 12.7. The van der Waals surface area contributed by atoms with Gasteiger partial charge in [-0.05, 0) is 42.5 Å². The predicted octanol–water partition coefficient (Wildman–Crippen LogP) is 4.49. The van der Waals surface area contributed by atoms with Crippen LogP contribution >= 0.6 is 11.6 Å². The average Bonchev–Trinajstić information content (AvgIpc) is 2.90. The van der Waals surface area contributed by atoms with Gasteiger partial charge >= 0.3 is 5.97 Å². The van der Waals surface area contributed by atoms with Gasteiger partial charge in [-0.2, -0.15) is 0 Å². The van der Waals surface area contributed by atoms with Crippen molar-refractivity contribution in [2.45, 2.75) is 26.3 Å². The summed E-state index contributed by atoms with van der Waals surface area (Å²) in [5.74, 6) is -0.143. The number of carboxylic acid groups (broad SMARTS) is 1. The third-order valence-corrected chi connectivity index (χ3v) is 5.53. The van der Waals surface area contributed by atoms with E-state index in [0.29, 0.717) is 39.9 Å². The molecular weight excluding hydrogens is 498 g/mol. The van der Waals surface area contributed by atoms with Crippen LogP contribution in [0.25, 0.3) is 0 Å². The van der Waals surface area contributed by atoms with Crippen LogP contribution in [0.5, 0.6) is 11.5 Å². The summed E-state index contributed by atoms with van der Waals surface area (Å²) in [6, 6.07) is 13.1. The number of ether oxygens (including phenoxy) is 1. The Morgan fingerprint density at radius 1 is 1.03 bits per heavy atom. The van der Waals surface area contributed by atoms with Gasteiger partial charge in [0, 0.05) is 48.7 Å². The van der Waals surface area contributed by atoms with Gasteiger partial charge in [-0.1, -0.05) is 18.5 Å². The summed E-state index contributed by atoms with van der Waals surface area (Å²) >= 11 is 5.94. The summed E-state index contributed by atoms with van der Waals surface area (Å²) in [5.41, 5.74) is 1.04. The van der Waals surface area contributed by atoms with E-state index in [1.807, 2.05) is 0 Å². The van der Waals surface area contributed by atoms with Gasteiger partial charge in [0.1, 0.15) is 17.3 Å². The normalized spacial score (nSPS) is 10.6. The number of carbonyl (C=O) groups excluding carboxylic acids is 1. The van der Waals surface area contributed by atoms with Crippen LogP contribution in [0.2, 0.25) is 5.02 Å². The molecule has 11 heteroatoms. The molecule has 4 aromatic rings. The summed E-state index contributed by atoms with van der Waals surface area (Å²) < 4.78 is 7.14. The zero-order valence-corrected chi connectivity index (χ0v) is 20.5. The maximum absolute atomic E-state index is 13.2. The maximum Gasteiger partial charge on any atom is 0.354 e. The highest BCUT2D eigenvalue weighted by Gasteiger charge is 2.14. The van der Waals surface area contributed by atoms with Gasteiger partial charge in [-0.25, -0.2) is 14.8 Å². The second kappa shape index (κ2) is 11.4. The maximum atomic E-state index is 13.2. The predicted molar refractivity (Wildman–Crippen MR) is 137 cm³/mol. The molecule has 0 aliphatic rings. The highest BCUT2D eigenvalue weighted by atomic mass is 35.5. The van der Waals surface area contributed by atoms with Crippen LogP contribution in [0.1, 0.15) is 35.1 Å². The van der Waals surface area contributed by atoms with E-state index in [1.165, 1.54) is 29.2 Å². The molecule has 0 radical (unpaired) electrons. The molecule has 0 fully saturated rings. The number of aromatic nitrogens is 4. The molecule has 1 aromatic carbocycles. The molecule has 0 unspecified atom stereocenters. The van der Waals surface area contributed by atoms with Gasteiger partial charge < -0.3 is 15.2 Å². The van der Waals surface area contributed by atoms with Gasteiger partial charge in [0.05, 0.1) is 17.3 Å². The number of nitrogens with zero attached hydrogens (tertiary/aromatic N) is 4. The number of hydrogen-bond donors (Lipinski definition) is 2. The molecule has 0 atom stereocenters. The zero-order chi connectivity index (χ0) is 26.4. The fourth-order valence-electron chi connectivity index (χ4n) is 3.36. The highest BCUT2D eigenvalue weighted by molar-refractivity contribution is 6.30. The van der Waals surface area contributed by atoms with Crippen LogP contribution in [0.4, 0.5) is 11.6 Å². The van der Waals surface area contributed by atoms with E-state index < -0.39 is 5.97 Å². The number of Topliss-reactive ketones (excluding diaryl/α,β-unsaturated/α-hetero) is 1. The second-order valence-corrected chi connectivity index (χ2v) is 8.40. The van der Waals surface area contributed by atoms with Crippen LogP contribution in [-0.2, 0) is 17.8 Å². The van der Waals surface area contributed by atoms with Crippen molar-refractivity contribution in [3.8, 4) is 11.5 Å². The standard InChI is InChI=1S/C26H22ClN5O5/c1-2-20(33)11-16-13-30-26(32(24(16)34)15-19-4-3-17(27)14-29-19)31-18-5-7-21(8-6-18)37-22-9-10-28-23(12-22)25(35)36/h3-10,12-14H,2,11,15H2,1H3,(H,30,31)(H,35,36). The van der Waals surface area contributed by atoms with Crippen LogP contribution < -0.4 is 15.6 Å². The van der Waals surface area contributed by atoms with E-state index in [9.17, 15) is 14.4 Å². The Labute approximate surface area is 216 Å². The Morgan fingerprint density at radius 2 is 1.81 bits per heavy atom. The molecule has 2 N–H and O–H groups in total. The number of hydrogen-bond acceptors (Lipinski definition) is 8. The third-order valence-electron chi connectivity index (χ3n) is 5.31. The number of carboxylic acids is 1. The Balaban J connectivity index is 1.58. The molecule has 37 heavy (non-hydrogen) atoms. The molecule has 3 aromatic heterocycles. The largest absolute Gasteiger partial charge is 0.477 e. The van der Waals surface area contributed by atoms with Crippen molar-refractivity contribution in [3.05, 3.63) is 99.4 Å². The monoisotopic (exact) mass is 519 g/mol. The first-order valence-electron chi connectivity index (χ1n) is 11.3. The minimum atomic E-state index is -1.15. The Hall–Kier alpha value is -4.57. The van der Waals surface area contributed by atoms with Crippen molar-refractivity contribution in [3.63, 3.8) is 0 Å². The third kappa shape index (κ3) is 6.56. The number of nitrogens with one attached hydrogen (secondary N) is 1. The fourth-order valence-corrected chi connectivity index (χ4v) is 3.48. The molecule has 0 bridgehead atoms. The lowest BCUT2D eigenvalue weighted by molar-refractivity contribution is -0.118. The van der Waals surface area contributed by atoms with Gasteiger partial charge in [0.15, 0.2) is 5.69 Å². The fraction of sp³-hybridized carbons (Fsp3) is 0.154. The summed E-state index contributed by atoms with van der Waals surface area (Å²) in [7, 11) is 0. The molecule has 0 saturated carbocycles. The Morgan fingerprint density at radius 3 is 2.49 bits per heavy atom. The molecule has 0 amide bonds. The highest BCUT2D eigenvalue weighted by Crippen LogP contribution is 2.24. The minimum absolute atomic E-state index is 0.00128. The first kappa shape index (κ1) is 25.5. The average molecular weight is 520 g/mol. The lowest BCUT2D eigenvalue weighted by Crippen LogP contribution is -2.28. The number of pyridine rings is 2. The number of halogens is 1. The van der Waals surface area contributed by atoms with Crippen molar-refractivity contribution in [1.82, 2.24) is 19.5 Å².